The van der Waals surface area contributed by atoms with Gasteiger partial charge in [0.25, 0.3) is 0 Å². The van der Waals surface area contributed by atoms with Gasteiger partial charge in [0.2, 0.25) is 0 Å². The van der Waals surface area contributed by atoms with Gasteiger partial charge in [-0.3, -0.25) is 0 Å². The van der Waals surface area contributed by atoms with Gasteiger partial charge in [-0.1, -0.05) is 34.6 Å². The van der Waals surface area contributed by atoms with E-state index < -0.39 is 8.80 Å². The molecule has 0 aromatic heterocycles. The molecule has 0 amide bonds. The first-order valence-corrected chi connectivity index (χ1v) is 10.2. The van der Waals surface area contributed by atoms with Crippen molar-refractivity contribution in [2.75, 3.05) is 0 Å². The Hall–Kier alpha value is 0.0969. The monoisotopic (exact) mass is 304 g/mol. The van der Waals surface area contributed by atoms with Crippen LogP contribution in [-0.2, 0) is 13.3 Å². The average Bonchev–Trinajstić information content (AvgIpc) is 2.36. The van der Waals surface area contributed by atoms with E-state index in [2.05, 4.69) is 55.4 Å². The molecule has 0 spiro atoms. The molecule has 0 rings (SSSR count). The molecule has 0 saturated carbocycles. The van der Waals surface area contributed by atoms with Crippen LogP contribution in [0.3, 0.4) is 0 Å². The van der Waals surface area contributed by atoms with Crippen molar-refractivity contribution >= 4 is 8.80 Å². The molecule has 4 heteroatoms. The molecule has 3 unspecified atom stereocenters. The highest BCUT2D eigenvalue weighted by Gasteiger charge is 2.45. The van der Waals surface area contributed by atoms with Crippen molar-refractivity contribution < 1.29 is 13.3 Å². The highest BCUT2D eigenvalue weighted by atomic mass is 28.4. The third-order valence-corrected chi connectivity index (χ3v) is 7.13. The van der Waals surface area contributed by atoms with Crippen molar-refractivity contribution in [3.63, 3.8) is 0 Å². The fourth-order valence-electron chi connectivity index (χ4n) is 1.90. The number of hydrogen-bond acceptors (Lipinski definition) is 3. The quantitative estimate of drug-likeness (QED) is 0.501. The number of hydrogen-bond donors (Lipinski definition) is 0. The van der Waals surface area contributed by atoms with Crippen LogP contribution in [0.5, 0.6) is 0 Å². The van der Waals surface area contributed by atoms with Gasteiger partial charge >= 0.3 is 8.80 Å². The second-order valence-corrected chi connectivity index (χ2v) is 8.77. The van der Waals surface area contributed by atoms with E-state index in [-0.39, 0.29) is 18.3 Å². The molecule has 3 atom stereocenters. The summed E-state index contributed by atoms with van der Waals surface area (Å²) in [6.45, 7) is 17.2. The van der Waals surface area contributed by atoms with Gasteiger partial charge < -0.3 is 13.3 Å². The largest absolute Gasteiger partial charge is 0.501 e. The highest BCUT2D eigenvalue weighted by Crippen LogP contribution is 2.27. The van der Waals surface area contributed by atoms with Crippen molar-refractivity contribution in [1.29, 1.82) is 0 Å². The first-order chi connectivity index (χ1) is 9.28. The molecule has 0 fully saturated rings. The Kier molecular flexibility index (Phi) is 9.98. The van der Waals surface area contributed by atoms with Crippen LogP contribution < -0.4 is 0 Å². The molecule has 0 aliphatic heterocycles. The maximum absolute atomic E-state index is 6.34. The Labute approximate surface area is 127 Å². The van der Waals surface area contributed by atoms with Crippen molar-refractivity contribution in [2.24, 2.45) is 5.92 Å². The average molecular weight is 305 g/mol. The summed E-state index contributed by atoms with van der Waals surface area (Å²) in [6.07, 6.45) is 3.53. The van der Waals surface area contributed by atoms with E-state index >= 15 is 0 Å². The van der Waals surface area contributed by atoms with Gasteiger partial charge in [0.15, 0.2) is 0 Å². The maximum atomic E-state index is 6.34. The van der Waals surface area contributed by atoms with Gasteiger partial charge in [0.1, 0.15) is 0 Å². The van der Waals surface area contributed by atoms with E-state index in [1.54, 1.807) is 0 Å². The van der Waals surface area contributed by atoms with E-state index in [1.165, 1.54) is 0 Å². The van der Waals surface area contributed by atoms with Gasteiger partial charge in [0, 0.05) is 24.4 Å². The van der Waals surface area contributed by atoms with Crippen LogP contribution in [0.15, 0.2) is 0 Å². The molecule has 0 aliphatic carbocycles. The summed E-state index contributed by atoms with van der Waals surface area (Å²) in [5.41, 5.74) is 0. The first-order valence-electron chi connectivity index (χ1n) is 8.31. The van der Waals surface area contributed by atoms with Crippen LogP contribution in [0.4, 0.5) is 0 Å². The minimum absolute atomic E-state index is 0.188. The first kappa shape index (κ1) is 20.1. The molecule has 0 aromatic carbocycles. The molecule has 0 heterocycles. The molecule has 0 saturated heterocycles. The summed E-state index contributed by atoms with van der Waals surface area (Å²) in [7, 11) is -2.61. The fourth-order valence-corrected chi connectivity index (χ4v) is 5.69. The Morgan fingerprint density at radius 3 is 1.15 bits per heavy atom. The Bertz CT molecular complexity index is 215. The van der Waals surface area contributed by atoms with Crippen molar-refractivity contribution in [3.05, 3.63) is 0 Å². The van der Waals surface area contributed by atoms with Gasteiger partial charge in [-0.05, 0) is 46.0 Å². The number of rotatable bonds is 11. The molecular weight excluding hydrogens is 268 g/mol. The standard InChI is InChI=1S/C16H36O3Si/c1-9-14(6)17-20(12-13(4)5,18-15(7)10-2)19-16(8)11-3/h13-16H,9-12H2,1-8H3. The van der Waals surface area contributed by atoms with Crippen LogP contribution in [0.2, 0.25) is 6.04 Å². The van der Waals surface area contributed by atoms with Crippen molar-refractivity contribution in [2.45, 2.75) is 99.0 Å². The Morgan fingerprint density at radius 2 is 0.950 bits per heavy atom. The summed E-state index contributed by atoms with van der Waals surface area (Å²) in [5.74, 6) is 0.513. The summed E-state index contributed by atoms with van der Waals surface area (Å²) < 4.78 is 19.0. The van der Waals surface area contributed by atoms with E-state index in [1.807, 2.05) is 0 Å². The lowest BCUT2D eigenvalue weighted by molar-refractivity contribution is -0.0127. The van der Waals surface area contributed by atoms with Crippen LogP contribution in [0, 0.1) is 5.92 Å². The SMILES string of the molecule is CCC(C)O[Si](CC(C)C)(OC(C)CC)OC(C)CC. The molecule has 0 bridgehead atoms. The molecule has 0 radical (unpaired) electrons. The zero-order chi connectivity index (χ0) is 15.8. The van der Waals surface area contributed by atoms with Gasteiger partial charge in [-0.2, -0.15) is 0 Å². The molecular formula is C16H36O3Si. The predicted octanol–water partition coefficient (Wildman–Crippen LogP) is 5.03. The molecule has 122 valence electrons. The Balaban J connectivity index is 5.14. The summed E-state index contributed by atoms with van der Waals surface area (Å²) in [5, 5.41) is 0. The molecule has 3 nitrogen and oxygen atoms in total. The lowest BCUT2D eigenvalue weighted by Gasteiger charge is -2.37. The smallest absolute Gasteiger partial charge is 0.371 e. The highest BCUT2D eigenvalue weighted by molar-refractivity contribution is 6.60. The van der Waals surface area contributed by atoms with Gasteiger partial charge in [0.05, 0.1) is 0 Å². The minimum Gasteiger partial charge on any atom is -0.371 e. The van der Waals surface area contributed by atoms with Gasteiger partial charge in [-0.25, -0.2) is 0 Å². The molecule has 20 heavy (non-hydrogen) atoms. The van der Waals surface area contributed by atoms with Crippen LogP contribution in [-0.4, -0.2) is 27.1 Å². The third kappa shape index (κ3) is 7.77. The molecule has 0 aromatic rings. The topological polar surface area (TPSA) is 27.7 Å². The van der Waals surface area contributed by atoms with Crippen molar-refractivity contribution in [3.8, 4) is 0 Å². The Morgan fingerprint density at radius 1 is 0.650 bits per heavy atom. The zero-order valence-electron chi connectivity index (χ0n) is 14.9. The van der Waals surface area contributed by atoms with Crippen molar-refractivity contribution in [1.82, 2.24) is 0 Å². The van der Waals surface area contributed by atoms with E-state index in [0.717, 1.165) is 25.3 Å². The second-order valence-electron chi connectivity index (χ2n) is 6.29. The summed E-state index contributed by atoms with van der Waals surface area (Å²) in [4.78, 5) is 0. The zero-order valence-corrected chi connectivity index (χ0v) is 15.9. The van der Waals surface area contributed by atoms with Gasteiger partial charge in [-0.15, -0.1) is 0 Å². The fraction of sp³-hybridized carbons (Fsp3) is 1.00. The van der Waals surface area contributed by atoms with E-state index in [9.17, 15) is 0 Å². The van der Waals surface area contributed by atoms with Crippen LogP contribution in [0.1, 0.15) is 74.7 Å². The summed E-state index contributed by atoms with van der Waals surface area (Å²) in [6, 6.07) is 0.895. The lowest BCUT2D eigenvalue weighted by Crippen LogP contribution is -2.52. The van der Waals surface area contributed by atoms with Crippen LogP contribution >= 0.6 is 0 Å². The third-order valence-electron chi connectivity index (χ3n) is 3.53. The summed E-state index contributed by atoms with van der Waals surface area (Å²) >= 11 is 0. The van der Waals surface area contributed by atoms with E-state index in [0.29, 0.717) is 5.92 Å². The molecule has 0 N–H and O–H groups in total. The normalized spacial score (nSPS) is 19.6. The predicted molar refractivity (Wildman–Crippen MR) is 87.9 cm³/mol. The maximum Gasteiger partial charge on any atom is 0.501 e. The lowest BCUT2D eigenvalue weighted by atomic mass is 10.3. The van der Waals surface area contributed by atoms with E-state index in [4.69, 9.17) is 13.3 Å². The minimum atomic E-state index is -2.61. The van der Waals surface area contributed by atoms with Crippen LogP contribution in [0.25, 0.3) is 0 Å². The molecule has 0 aliphatic rings. The second kappa shape index (κ2) is 9.93.